The Balaban J connectivity index is 0.000000184. The molecule has 1 aliphatic carbocycles. The van der Waals surface area contributed by atoms with Crippen molar-refractivity contribution in [3.05, 3.63) is 35.9 Å². The van der Waals surface area contributed by atoms with Crippen LogP contribution in [-0.2, 0) is 0 Å². The van der Waals surface area contributed by atoms with Crippen LogP contribution in [0.1, 0.15) is 63.9 Å². The topological polar surface area (TPSA) is 23.8 Å². The molecular weight excluding hydrogens is 218 g/mol. The number of rotatable bonds is 3. The van der Waals surface area contributed by atoms with Crippen LogP contribution in [0.5, 0.6) is 0 Å². The summed E-state index contributed by atoms with van der Waals surface area (Å²) in [6.45, 7) is 2.29. The first kappa shape index (κ1) is 14.8. The minimum atomic E-state index is 0.715. The molecule has 0 saturated heterocycles. The molecule has 0 heterocycles. The molecule has 0 bridgehead atoms. The summed E-state index contributed by atoms with van der Waals surface area (Å²) in [7, 11) is 0. The predicted octanol–water partition coefficient (Wildman–Crippen LogP) is 5.32. The molecule has 0 N–H and O–H groups in total. The van der Waals surface area contributed by atoms with Gasteiger partial charge in [-0.2, -0.15) is 5.26 Å². The normalized spacial score (nSPS) is 15.3. The highest BCUT2D eigenvalue weighted by atomic mass is 14.2. The molecule has 1 saturated carbocycles. The van der Waals surface area contributed by atoms with E-state index in [2.05, 4.69) is 6.92 Å². The molecule has 98 valence electrons. The van der Waals surface area contributed by atoms with Crippen LogP contribution >= 0.6 is 0 Å². The van der Waals surface area contributed by atoms with Gasteiger partial charge in [0.2, 0.25) is 0 Å². The molecule has 0 radical (unpaired) electrons. The second-order valence-corrected chi connectivity index (χ2v) is 5.12. The van der Waals surface area contributed by atoms with Gasteiger partial charge in [0.1, 0.15) is 0 Å². The Morgan fingerprint density at radius 1 is 1.11 bits per heavy atom. The van der Waals surface area contributed by atoms with Crippen molar-refractivity contribution in [1.82, 2.24) is 0 Å². The Hall–Kier alpha value is -1.29. The largest absolute Gasteiger partial charge is 0.192 e. The number of nitrogens with zero attached hydrogens (tertiary/aromatic N) is 1. The van der Waals surface area contributed by atoms with Gasteiger partial charge in [0.05, 0.1) is 11.6 Å². The average Bonchev–Trinajstić information content (AvgIpc) is 2.48. The molecular formula is C17H25N. The van der Waals surface area contributed by atoms with Gasteiger partial charge in [0.15, 0.2) is 0 Å². The SMILES string of the molecule is CCCCC1CCCCC1.N#Cc1ccccc1. The van der Waals surface area contributed by atoms with Crippen molar-refractivity contribution in [2.24, 2.45) is 5.92 Å². The molecule has 18 heavy (non-hydrogen) atoms. The average molecular weight is 243 g/mol. The van der Waals surface area contributed by atoms with E-state index >= 15 is 0 Å². The number of benzene rings is 1. The van der Waals surface area contributed by atoms with Crippen LogP contribution in [-0.4, -0.2) is 0 Å². The fourth-order valence-corrected chi connectivity index (χ4v) is 2.48. The molecule has 0 atom stereocenters. The molecule has 0 unspecified atom stereocenters. The van der Waals surface area contributed by atoms with Gasteiger partial charge in [-0.1, -0.05) is 76.5 Å². The van der Waals surface area contributed by atoms with E-state index in [1.165, 1.54) is 51.4 Å². The first-order valence-electron chi connectivity index (χ1n) is 7.32. The van der Waals surface area contributed by atoms with Gasteiger partial charge in [-0.3, -0.25) is 0 Å². The molecule has 0 spiro atoms. The van der Waals surface area contributed by atoms with E-state index in [9.17, 15) is 0 Å². The lowest BCUT2D eigenvalue weighted by Crippen LogP contribution is -2.05. The second-order valence-electron chi connectivity index (χ2n) is 5.12. The number of nitriles is 1. The van der Waals surface area contributed by atoms with Gasteiger partial charge in [-0.25, -0.2) is 0 Å². The fourth-order valence-electron chi connectivity index (χ4n) is 2.48. The van der Waals surface area contributed by atoms with E-state index in [0.717, 1.165) is 5.92 Å². The van der Waals surface area contributed by atoms with Crippen molar-refractivity contribution in [2.45, 2.75) is 58.3 Å². The summed E-state index contributed by atoms with van der Waals surface area (Å²) in [6.07, 6.45) is 11.9. The molecule has 2 rings (SSSR count). The van der Waals surface area contributed by atoms with Crippen LogP contribution in [0, 0.1) is 17.2 Å². The zero-order valence-electron chi connectivity index (χ0n) is 11.6. The highest BCUT2D eigenvalue weighted by Crippen LogP contribution is 2.27. The van der Waals surface area contributed by atoms with E-state index in [4.69, 9.17) is 5.26 Å². The molecule has 0 aliphatic heterocycles. The zero-order valence-corrected chi connectivity index (χ0v) is 11.6. The Bertz CT molecular complexity index is 330. The van der Waals surface area contributed by atoms with Crippen LogP contribution in [0.25, 0.3) is 0 Å². The fraction of sp³-hybridized carbons (Fsp3) is 0.588. The monoisotopic (exact) mass is 243 g/mol. The Morgan fingerprint density at radius 2 is 1.78 bits per heavy atom. The molecule has 0 amide bonds. The van der Waals surface area contributed by atoms with Crippen LogP contribution in [0.15, 0.2) is 30.3 Å². The third-order valence-electron chi connectivity index (χ3n) is 3.59. The summed E-state index contributed by atoms with van der Waals surface area (Å²) < 4.78 is 0. The van der Waals surface area contributed by atoms with Gasteiger partial charge in [0, 0.05) is 0 Å². The lowest BCUT2D eigenvalue weighted by molar-refractivity contribution is 0.331. The van der Waals surface area contributed by atoms with Crippen LogP contribution < -0.4 is 0 Å². The first-order valence-corrected chi connectivity index (χ1v) is 7.32. The molecule has 1 aromatic rings. The quantitative estimate of drug-likeness (QED) is 0.705. The second kappa shape index (κ2) is 9.71. The van der Waals surface area contributed by atoms with Gasteiger partial charge in [0.25, 0.3) is 0 Å². The standard InChI is InChI=1S/C10H20.C7H5N/c1-2-3-7-10-8-5-4-6-9-10;8-6-7-4-2-1-3-5-7/h10H,2-9H2,1H3;1-5H. The summed E-state index contributed by atoms with van der Waals surface area (Å²) in [4.78, 5) is 0. The Kier molecular flexibility index (Phi) is 7.97. The van der Waals surface area contributed by atoms with Crippen molar-refractivity contribution in [3.8, 4) is 6.07 Å². The predicted molar refractivity (Wildman–Crippen MR) is 77.3 cm³/mol. The zero-order chi connectivity index (χ0) is 13.1. The van der Waals surface area contributed by atoms with Gasteiger partial charge in [-0.05, 0) is 18.1 Å². The third kappa shape index (κ3) is 6.45. The number of hydrogen-bond donors (Lipinski definition) is 0. The summed E-state index contributed by atoms with van der Waals surface area (Å²) in [6, 6.07) is 11.2. The Labute approximate surface area is 112 Å². The summed E-state index contributed by atoms with van der Waals surface area (Å²) >= 11 is 0. The molecule has 1 fully saturated rings. The van der Waals surface area contributed by atoms with Crippen LogP contribution in [0.2, 0.25) is 0 Å². The van der Waals surface area contributed by atoms with Crippen LogP contribution in [0.3, 0.4) is 0 Å². The first-order chi connectivity index (χ1) is 8.86. The van der Waals surface area contributed by atoms with Crippen molar-refractivity contribution in [3.63, 3.8) is 0 Å². The summed E-state index contributed by atoms with van der Waals surface area (Å²) in [5.41, 5.74) is 0.715. The maximum Gasteiger partial charge on any atom is 0.0991 e. The minimum absolute atomic E-state index is 0.715. The highest BCUT2D eigenvalue weighted by molar-refractivity contribution is 5.27. The molecule has 1 aliphatic rings. The smallest absolute Gasteiger partial charge is 0.0991 e. The summed E-state index contributed by atoms with van der Waals surface area (Å²) in [5, 5.41) is 8.29. The van der Waals surface area contributed by atoms with Crippen molar-refractivity contribution in [1.29, 1.82) is 5.26 Å². The van der Waals surface area contributed by atoms with E-state index in [1.54, 1.807) is 12.1 Å². The molecule has 1 nitrogen and oxygen atoms in total. The number of unbranched alkanes of at least 4 members (excludes halogenated alkanes) is 1. The molecule has 1 heteroatoms. The highest BCUT2D eigenvalue weighted by Gasteiger charge is 2.11. The lowest BCUT2D eigenvalue weighted by Gasteiger charge is -2.20. The van der Waals surface area contributed by atoms with Crippen molar-refractivity contribution in [2.75, 3.05) is 0 Å². The van der Waals surface area contributed by atoms with Gasteiger partial charge in [-0.15, -0.1) is 0 Å². The summed E-state index contributed by atoms with van der Waals surface area (Å²) in [5.74, 6) is 1.11. The minimum Gasteiger partial charge on any atom is -0.192 e. The van der Waals surface area contributed by atoms with E-state index < -0.39 is 0 Å². The van der Waals surface area contributed by atoms with Gasteiger partial charge >= 0.3 is 0 Å². The van der Waals surface area contributed by atoms with E-state index in [0.29, 0.717) is 5.56 Å². The molecule has 0 aromatic heterocycles. The Morgan fingerprint density at radius 3 is 2.28 bits per heavy atom. The third-order valence-corrected chi connectivity index (χ3v) is 3.59. The van der Waals surface area contributed by atoms with E-state index in [1.807, 2.05) is 24.3 Å². The maximum atomic E-state index is 8.29. The van der Waals surface area contributed by atoms with Crippen LogP contribution in [0.4, 0.5) is 0 Å². The molecule has 1 aromatic carbocycles. The van der Waals surface area contributed by atoms with E-state index in [-0.39, 0.29) is 0 Å². The lowest BCUT2D eigenvalue weighted by atomic mass is 9.86. The van der Waals surface area contributed by atoms with Crippen molar-refractivity contribution < 1.29 is 0 Å². The maximum absolute atomic E-state index is 8.29. The van der Waals surface area contributed by atoms with Crippen molar-refractivity contribution >= 4 is 0 Å². The van der Waals surface area contributed by atoms with Gasteiger partial charge < -0.3 is 0 Å². The number of hydrogen-bond acceptors (Lipinski definition) is 1.